The van der Waals surface area contributed by atoms with Crippen LogP contribution in [0.25, 0.3) is 0 Å². The lowest BCUT2D eigenvalue weighted by Crippen LogP contribution is -2.31. The summed E-state index contributed by atoms with van der Waals surface area (Å²) in [5.74, 6) is 0. The van der Waals surface area contributed by atoms with Crippen molar-refractivity contribution in [3.63, 3.8) is 0 Å². The first kappa shape index (κ1) is 15.5. The van der Waals surface area contributed by atoms with Gasteiger partial charge in [-0.15, -0.1) is 0 Å². The van der Waals surface area contributed by atoms with Crippen molar-refractivity contribution in [2.75, 3.05) is 6.54 Å². The summed E-state index contributed by atoms with van der Waals surface area (Å²) in [6.45, 7) is 2.59. The van der Waals surface area contributed by atoms with Gasteiger partial charge in [0.15, 0.2) is 0 Å². The van der Waals surface area contributed by atoms with Crippen molar-refractivity contribution in [1.29, 1.82) is 0 Å². The van der Waals surface area contributed by atoms with Gasteiger partial charge < -0.3 is 0 Å². The number of nitrogens with zero attached hydrogens (tertiary/aromatic N) is 1. The minimum Gasteiger partial charge on any atom is -0.207 e. The van der Waals surface area contributed by atoms with E-state index in [1.54, 1.807) is 28.6 Å². The van der Waals surface area contributed by atoms with Crippen molar-refractivity contribution in [2.24, 2.45) is 0 Å². The largest absolute Gasteiger partial charge is 0.243 e. The predicted molar refractivity (Wildman–Crippen MR) is 88.5 cm³/mol. The van der Waals surface area contributed by atoms with Gasteiger partial charge in [-0.2, -0.15) is 4.31 Å². The summed E-state index contributed by atoms with van der Waals surface area (Å²) in [5, 5.41) is 0.538. The highest BCUT2D eigenvalue weighted by molar-refractivity contribution is 7.89. The van der Waals surface area contributed by atoms with Gasteiger partial charge in [0.2, 0.25) is 10.0 Å². The number of sulfonamides is 1. The van der Waals surface area contributed by atoms with Crippen molar-refractivity contribution >= 4 is 21.6 Å². The fraction of sp³-hybridized carbons (Fsp3) is 0.294. The molecule has 1 heterocycles. The molecule has 2 aromatic rings. The molecule has 2 aromatic carbocycles. The first-order valence-electron chi connectivity index (χ1n) is 7.33. The van der Waals surface area contributed by atoms with E-state index in [-0.39, 0.29) is 6.04 Å². The van der Waals surface area contributed by atoms with E-state index in [4.69, 9.17) is 11.6 Å². The molecule has 1 aliphatic rings. The van der Waals surface area contributed by atoms with Crippen LogP contribution < -0.4 is 0 Å². The van der Waals surface area contributed by atoms with Crippen LogP contribution in [0.4, 0.5) is 0 Å². The molecule has 0 radical (unpaired) electrons. The summed E-state index contributed by atoms with van der Waals surface area (Å²) < 4.78 is 27.5. The number of aryl methyl sites for hydroxylation is 1. The number of halogens is 1. The normalized spacial score (nSPS) is 19.5. The molecule has 0 aliphatic carbocycles. The Morgan fingerprint density at radius 3 is 2.45 bits per heavy atom. The molecule has 1 aliphatic heterocycles. The molecule has 1 atom stereocenters. The summed E-state index contributed by atoms with van der Waals surface area (Å²) in [5.41, 5.74) is 2.23. The van der Waals surface area contributed by atoms with Gasteiger partial charge in [0.1, 0.15) is 0 Å². The first-order chi connectivity index (χ1) is 10.5. The highest BCUT2D eigenvalue weighted by Crippen LogP contribution is 2.37. The van der Waals surface area contributed by atoms with Gasteiger partial charge >= 0.3 is 0 Å². The van der Waals surface area contributed by atoms with Gasteiger partial charge in [-0.1, -0.05) is 35.9 Å². The van der Waals surface area contributed by atoms with E-state index in [1.807, 2.05) is 31.2 Å². The van der Waals surface area contributed by atoms with Crippen LogP contribution >= 0.6 is 11.6 Å². The third-order valence-corrected chi connectivity index (χ3v) is 6.35. The Hall–Kier alpha value is -1.36. The molecule has 0 unspecified atom stereocenters. The molecule has 0 spiro atoms. The lowest BCUT2D eigenvalue weighted by atomic mass is 10.0. The van der Waals surface area contributed by atoms with E-state index in [9.17, 15) is 8.42 Å². The van der Waals surface area contributed by atoms with E-state index in [1.165, 1.54) is 0 Å². The Kier molecular flexibility index (Phi) is 4.26. The van der Waals surface area contributed by atoms with Crippen LogP contribution in [0.3, 0.4) is 0 Å². The summed E-state index contributed by atoms with van der Waals surface area (Å²) in [6.07, 6.45) is 1.74. The third-order valence-electron chi connectivity index (χ3n) is 4.17. The summed E-state index contributed by atoms with van der Waals surface area (Å²) in [7, 11) is -3.49. The highest BCUT2D eigenvalue weighted by atomic mass is 35.5. The Morgan fingerprint density at radius 2 is 1.77 bits per heavy atom. The Bertz CT molecular complexity index is 772. The quantitative estimate of drug-likeness (QED) is 0.844. The Balaban J connectivity index is 1.99. The molecule has 0 amide bonds. The second-order valence-corrected chi connectivity index (χ2v) is 7.91. The van der Waals surface area contributed by atoms with Gasteiger partial charge in [-0.05, 0) is 55.2 Å². The minimum absolute atomic E-state index is 0.0816. The molecular formula is C17H18ClNO2S. The van der Waals surface area contributed by atoms with E-state index in [0.29, 0.717) is 16.5 Å². The lowest BCUT2D eigenvalue weighted by Gasteiger charge is -2.25. The standard InChI is InChI=1S/C17H18ClNO2S/c1-13-5-2-3-6-16(13)17-7-4-12-19(17)22(20,21)15-10-8-14(18)9-11-15/h2-3,5-6,8-11,17H,4,7,12H2,1H3/t17-/m1/s1. The molecule has 5 heteroatoms. The van der Waals surface area contributed by atoms with Crippen LogP contribution in [0.5, 0.6) is 0 Å². The molecular weight excluding hydrogens is 318 g/mol. The monoisotopic (exact) mass is 335 g/mol. The van der Waals surface area contributed by atoms with Gasteiger partial charge in [0.05, 0.1) is 10.9 Å². The van der Waals surface area contributed by atoms with Crippen molar-refractivity contribution in [3.05, 3.63) is 64.7 Å². The topological polar surface area (TPSA) is 37.4 Å². The van der Waals surface area contributed by atoms with Crippen molar-refractivity contribution in [1.82, 2.24) is 4.31 Å². The summed E-state index contributed by atoms with van der Waals surface area (Å²) in [6, 6.07) is 14.3. The van der Waals surface area contributed by atoms with Crippen molar-refractivity contribution < 1.29 is 8.42 Å². The zero-order valence-corrected chi connectivity index (χ0v) is 13.9. The SMILES string of the molecule is Cc1ccccc1[C@H]1CCCN1S(=O)(=O)c1ccc(Cl)cc1. The van der Waals surface area contributed by atoms with Crippen LogP contribution in [0, 0.1) is 6.92 Å². The van der Waals surface area contributed by atoms with Crippen LogP contribution in [0.1, 0.15) is 30.0 Å². The minimum atomic E-state index is -3.49. The summed E-state index contributed by atoms with van der Waals surface area (Å²) >= 11 is 5.86. The third kappa shape index (κ3) is 2.78. The smallest absolute Gasteiger partial charge is 0.207 e. The van der Waals surface area contributed by atoms with E-state index >= 15 is 0 Å². The second-order valence-electron chi connectivity index (χ2n) is 5.58. The molecule has 116 valence electrons. The zero-order chi connectivity index (χ0) is 15.7. The molecule has 1 fully saturated rings. The number of rotatable bonds is 3. The van der Waals surface area contributed by atoms with Gasteiger partial charge in [0, 0.05) is 11.6 Å². The average molecular weight is 336 g/mol. The first-order valence-corrected chi connectivity index (χ1v) is 9.15. The molecule has 0 aromatic heterocycles. The van der Waals surface area contributed by atoms with Gasteiger partial charge in [0.25, 0.3) is 0 Å². The fourth-order valence-electron chi connectivity index (χ4n) is 3.04. The van der Waals surface area contributed by atoms with E-state index in [0.717, 1.165) is 24.0 Å². The molecule has 3 rings (SSSR count). The molecule has 3 nitrogen and oxygen atoms in total. The van der Waals surface area contributed by atoms with Crippen LogP contribution in [-0.4, -0.2) is 19.3 Å². The molecule has 0 N–H and O–H groups in total. The number of hydrogen-bond donors (Lipinski definition) is 0. The number of hydrogen-bond acceptors (Lipinski definition) is 2. The molecule has 0 bridgehead atoms. The highest BCUT2D eigenvalue weighted by Gasteiger charge is 2.36. The van der Waals surface area contributed by atoms with Gasteiger partial charge in [-0.25, -0.2) is 8.42 Å². The Morgan fingerprint density at radius 1 is 1.09 bits per heavy atom. The van der Waals surface area contributed by atoms with Crippen LogP contribution in [0.15, 0.2) is 53.4 Å². The number of benzene rings is 2. The average Bonchev–Trinajstić information content (AvgIpc) is 2.98. The van der Waals surface area contributed by atoms with E-state index < -0.39 is 10.0 Å². The summed E-state index contributed by atoms with van der Waals surface area (Å²) in [4.78, 5) is 0.303. The maximum absolute atomic E-state index is 12.9. The van der Waals surface area contributed by atoms with E-state index in [2.05, 4.69) is 0 Å². The van der Waals surface area contributed by atoms with Crippen molar-refractivity contribution in [2.45, 2.75) is 30.7 Å². The maximum Gasteiger partial charge on any atom is 0.243 e. The fourth-order valence-corrected chi connectivity index (χ4v) is 4.84. The maximum atomic E-state index is 12.9. The molecule has 0 saturated carbocycles. The molecule has 1 saturated heterocycles. The second kappa shape index (κ2) is 6.03. The van der Waals surface area contributed by atoms with Crippen LogP contribution in [0.2, 0.25) is 5.02 Å². The van der Waals surface area contributed by atoms with Crippen LogP contribution in [-0.2, 0) is 10.0 Å². The molecule has 22 heavy (non-hydrogen) atoms. The van der Waals surface area contributed by atoms with Crippen molar-refractivity contribution in [3.8, 4) is 0 Å². The van der Waals surface area contributed by atoms with Gasteiger partial charge in [-0.3, -0.25) is 0 Å². The predicted octanol–water partition coefficient (Wildman–Crippen LogP) is 4.17. The lowest BCUT2D eigenvalue weighted by molar-refractivity contribution is 0.395. The zero-order valence-electron chi connectivity index (χ0n) is 12.4. The Labute approximate surface area is 136 Å².